The predicted molar refractivity (Wildman–Crippen MR) is 74.6 cm³/mol. The lowest BCUT2D eigenvalue weighted by Crippen LogP contribution is -2.15. The van der Waals surface area contributed by atoms with E-state index in [9.17, 15) is 20.1 Å². The first-order valence-electron chi connectivity index (χ1n) is 6.00. The van der Waals surface area contributed by atoms with E-state index < -0.39 is 23.2 Å². The summed E-state index contributed by atoms with van der Waals surface area (Å²) in [6, 6.07) is 7.35. The van der Waals surface area contributed by atoms with E-state index >= 15 is 0 Å². The molecular formula is C14H11N3O4. The molecule has 0 aliphatic heterocycles. The predicted octanol–water partition coefficient (Wildman–Crippen LogP) is 1.24. The van der Waals surface area contributed by atoms with Crippen LogP contribution in [0.25, 0.3) is 16.7 Å². The monoisotopic (exact) mass is 285 g/mol. The van der Waals surface area contributed by atoms with Crippen molar-refractivity contribution in [3.8, 4) is 22.9 Å². The second kappa shape index (κ2) is 4.41. The number of hydrogen-bond donors (Lipinski definition) is 4. The van der Waals surface area contributed by atoms with Crippen molar-refractivity contribution >= 4 is 16.9 Å². The topological polar surface area (TPSA) is 122 Å². The Morgan fingerprint density at radius 3 is 2.43 bits per heavy atom. The quantitative estimate of drug-likeness (QED) is 0.528. The molecule has 0 saturated heterocycles. The molecule has 2 heterocycles. The molecule has 3 aromatic rings. The number of rotatable bonds is 2. The molecule has 106 valence electrons. The first-order valence-corrected chi connectivity index (χ1v) is 6.00. The summed E-state index contributed by atoms with van der Waals surface area (Å²) in [5.41, 5.74) is 6.90. The molecule has 0 unspecified atom stereocenters. The largest absolute Gasteiger partial charge is 0.504 e. The molecule has 21 heavy (non-hydrogen) atoms. The SMILES string of the molecule is NC(=O)c1cc2ncccc2n1-c1cc(O)c(O)c(O)c1. The van der Waals surface area contributed by atoms with E-state index in [4.69, 9.17) is 5.73 Å². The summed E-state index contributed by atoms with van der Waals surface area (Å²) in [7, 11) is 0. The molecule has 0 radical (unpaired) electrons. The number of primary amides is 1. The normalized spacial score (nSPS) is 10.9. The fraction of sp³-hybridized carbons (Fsp3) is 0. The van der Waals surface area contributed by atoms with Gasteiger partial charge in [0, 0.05) is 18.3 Å². The second-order valence-corrected chi connectivity index (χ2v) is 4.47. The number of carbonyl (C=O) groups excluding carboxylic acids is 1. The van der Waals surface area contributed by atoms with Crippen molar-refractivity contribution in [1.82, 2.24) is 9.55 Å². The van der Waals surface area contributed by atoms with Crippen LogP contribution in [0.15, 0.2) is 36.5 Å². The molecule has 1 amide bonds. The second-order valence-electron chi connectivity index (χ2n) is 4.47. The van der Waals surface area contributed by atoms with Gasteiger partial charge < -0.3 is 25.6 Å². The van der Waals surface area contributed by atoms with E-state index in [-0.39, 0.29) is 11.4 Å². The molecule has 2 aromatic heterocycles. The van der Waals surface area contributed by atoms with Crippen LogP contribution in [0.3, 0.4) is 0 Å². The standard InChI is InChI=1S/C14H11N3O4/c15-14(21)10-6-8-9(2-1-3-16-8)17(10)7-4-11(18)13(20)12(19)5-7/h1-6,18-20H,(H2,15,21). The van der Waals surface area contributed by atoms with Crippen LogP contribution in [0.1, 0.15) is 10.5 Å². The number of fused-ring (bicyclic) bond motifs is 1. The molecule has 0 aliphatic carbocycles. The van der Waals surface area contributed by atoms with Crippen LogP contribution in [-0.4, -0.2) is 30.8 Å². The van der Waals surface area contributed by atoms with Crippen molar-refractivity contribution in [2.45, 2.75) is 0 Å². The minimum Gasteiger partial charge on any atom is -0.504 e. The number of nitrogens with zero attached hydrogens (tertiary/aromatic N) is 2. The highest BCUT2D eigenvalue weighted by atomic mass is 16.3. The first kappa shape index (κ1) is 12.8. The van der Waals surface area contributed by atoms with Gasteiger partial charge in [-0.3, -0.25) is 9.78 Å². The van der Waals surface area contributed by atoms with Gasteiger partial charge in [0.15, 0.2) is 17.2 Å². The molecule has 1 aromatic carbocycles. The number of aromatic hydroxyl groups is 3. The third-order valence-corrected chi connectivity index (χ3v) is 3.14. The summed E-state index contributed by atoms with van der Waals surface area (Å²) < 4.78 is 1.45. The van der Waals surface area contributed by atoms with Crippen LogP contribution >= 0.6 is 0 Å². The maximum absolute atomic E-state index is 11.6. The first-order chi connectivity index (χ1) is 9.99. The number of nitrogens with two attached hydrogens (primary N) is 1. The number of phenolic OH excluding ortho intramolecular Hbond substituents is 3. The Balaban J connectivity index is 2.38. The van der Waals surface area contributed by atoms with Crippen LogP contribution in [0.2, 0.25) is 0 Å². The molecule has 7 nitrogen and oxygen atoms in total. The maximum atomic E-state index is 11.6. The molecule has 0 spiro atoms. The zero-order valence-electron chi connectivity index (χ0n) is 10.7. The summed E-state index contributed by atoms with van der Waals surface area (Å²) in [4.78, 5) is 15.7. The highest BCUT2D eigenvalue weighted by Gasteiger charge is 2.17. The fourth-order valence-electron chi connectivity index (χ4n) is 2.21. The van der Waals surface area contributed by atoms with E-state index in [1.54, 1.807) is 18.3 Å². The Morgan fingerprint density at radius 1 is 1.14 bits per heavy atom. The van der Waals surface area contributed by atoms with E-state index in [0.717, 1.165) is 0 Å². The smallest absolute Gasteiger partial charge is 0.265 e. The van der Waals surface area contributed by atoms with Crippen LogP contribution < -0.4 is 5.73 Å². The maximum Gasteiger partial charge on any atom is 0.265 e. The summed E-state index contributed by atoms with van der Waals surface area (Å²) in [6.07, 6.45) is 1.57. The van der Waals surface area contributed by atoms with Crippen molar-refractivity contribution in [3.63, 3.8) is 0 Å². The lowest BCUT2D eigenvalue weighted by atomic mass is 10.2. The van der Waals surface area contributed by atoms with E-state index in [1.165, 1.54) is 22.8 Å². The third kappa shape index (κ3) is 1.91. The highest BCUT2D eigenvalue weighted by Crippen LogP contribution is 2.37. The van der Waals surface area contributed by atoms with Crippen molar-refractivity contribution in [2.24, 2.45) is 5.73 Å². The van der Waals surface area contributed by atoms with Crippen molar-refractivity contribution < 1.29 is 20.1 Å². The van der Waals surface area contributed by atoms with Gasteiger partial charge in [0.1, 0.15) is 5.69 Å². The lowest BCUT2D eigenvalue weighted by Gasteiger charge is -2.11. The molecule has 0 fully saturated rings. The summed E-state index contributed by atoms with van der Waals surface area (Å²) in [6.45, 7) is 0. The van der Waals surface area contributed by atoms with Gasteiger partial charge in [-0.15, -0.1) is 0 Å². The van der Waals surface area contributed by atoms with E-state index in [1.807, 2.05) is 0 Å². The van der Waals surface area contributed by atoms with E-state index in [0.29, 0.717) is 11.0 Å². The Bertz CT molecular complexity index is 847. The number of hydrogen-bond acceptors (Lipinski definition) is 5. The molecular weight excluding hydrogens is 274 g/mol. The van der Waals surface area contributed by atoms with Gasteiger partial charge >= 0.3 is 0 Å². The Hall–Kier alpha value is -3.22. The van der Waals surface area contributed by atoms with Crippen molar-refractivity contribution in [1.29, 1.82) is 0 Å². The van der Waals surface area contributed by atoms with Gasteiger partial charge in [-0.2, -0.15) is 0 Å². The van der Waals surface area contributed by atoms with Crippen LogP contribution in [0, 0.1) is 0 Å². The number of aromatic nitrogens is 2. The molecule has 5 N–H and O–H groups in total. The average Bonchev–Trinajstić information content (AvgIpc) is 2.84. The minimum atomic E-state index is -0.681. The number of benzene rings is 1. The van der Waals surface area contributed by atoms with Crippen LogP contribution in [-0.2, 0) is 0 Å². The Labute approximate surface area is 118 Å². The third-order valence-electron chi connectivity index (χ3n) is 3.14. The van der Waals surface area contributed by atoms with Crippen LogP contribution in [0.4, 0.5) is 0 Å². The van der Waals surface area contributed by atoms with Gasteiger partial charge in [0.2, 0.25) is 0 Å². The number of phenols is 3. The molecule has 0 saturated carbocycles. The number of carbonyl (C=O) groups is 1. The number of pyridine rings is 1. The summed E-state index contributed by atoms with van der Waals surface area (Å²) in [5.74, 6) is -2.33. The Morgan fingerprint density at radius 2 is 1.81 bits per heavy atom. The van der Waals surface area contributed by atoms with Gasteiger partial charge in [0.25, 0.3) is 5.91 Å². The fourth-order valence-corrected chi connectivity index (χ4v) is 2.21. The molecule has 7 heteroatoms. The van der Waals surface area contributed by atoms with Gasteiger partial charge in [0.05, 0.1) is 16.7 Å². The minimum absolute atomic E-state index is 0.146. The molecule has 0 atom stereocenters. The molecule has 0 bridgehead atoms. The number of amides is 1. The van der Waals surface area contributed by atoms with Gasteiger partial charge in [-0.05, 0) is 18.2 Å². The van der Waals surface area contributed by atoms with Crippen molar-refractivity contribution in [3.05, 3.63) is 42.2 Å². The summed E-state index contributed by atoms with van der Waals surface area (Å²) >= 11 is 0. The van der Waals surface area contributed by atoms with Gasteiger partial charge in [-0.25, -0.2) is 0 Å². The average molecular weight is 285 g/mol. The van der Waals surface area contributed by atoms with Crippen LogP contribution in [0.5, 0.6) is 17.2 Å². The summed E-state index contributed by atoms with van der Waals surface area (Å²) in [5, 5.41) is 28.7. The van der Waals surface area contributed by atoms with Gasteiger partial charge in [-0.1, -0.05) is 0 Å². The lowest BCUT2D eigenvalue weighted by molar-refractivity contribution is 0.0994. The highest BCUT2D eigenvalue weighted by molar-refractivity contribution is 5.98. The van der Waals surface area contributed by atoms with E-state index in [2.05, 4.69) is 4.98 Å². The zero-order chi connectivity index (χ0) is 15.1. The molecule has 3 rings (SSSR count). The molecule has 0 aliphatic rings. The zero-order valence-corrected chi connectivity index (χ0v) is 10.7. The Kier molecular flexibility index (Phi) is 2.69. The van der Waals surface area contributed by atoms with Crippen molar-refractivity contribution in [2.75, 3.05) is 0 Å².